The molecule has 6 bridgehead atoms. The number of hydrogen-bond donors (Lipinski definition) is 3. The van der Waals surface area contributed by atoms with E-state index in [2.05, 4.69) is 30.9 Å². The largest absolute Gasteiger partial charge is 0.497 e. The van der Waals surface area contributed by atoms with Crippen molar-refractivity contribution in [3.63, 3.8) is 0 Å². The van der Waals surface area contributed by atoms with Gasteiger partial charge in [0.15, 0.2) is 6.61 Å². The molecule has 0 fully saturated rings. The summed E-state index contributed by atoms with van der Waals surface area (Å²) in [6, 6.07) is 17.5. The van der Waals surface area contributed by atoms with Crippen LogP contribution in [0.15, 0.2) is 66.7 Å². The lowest BCUT2D eigenvalue weighted by Crippen LogP contribution is -2.46. The van der Waals surface area contributed by atoms with Crippen LogP contribution in [0.4, 0.5) is 35.5 Å². The van der Waals surface area contributed by atoms with E-state index in [1.54, 1.807) is 78.7 Å². The van der Waals surface area contributed by atoms with Crippen molar-refractivity contribution in [1.29, 1.82) is 0 Å². The molecule has 13 nitrogen and oxygen atoms in total. The minimum absolute atomic E-state index is 0.0609. The van der Waals surface area contributed by atoms with Gasteiger partial charge in [-0.1, -0.05) is 31.5 Å². The maximum atomic E-state index is 13.4. The fraction of sp³-hybridized carbons (Fsp3) is 0.343. The van der Waals surface area contributed by atoms with E-state index in [0.717, 1.165) is 0 Å². The lowest BCUT2D eigenvalue weighted by molar-refractivity contribution is -0.154. The zero-order valence-corrected chi connectivity index (χ0v) is 29.3. The van der Waals surface area contributed by atoms with Crippen LogP contribution < -0.4 is 34.9 Å². The Kier molecular flexibility index (Phi) is 12.1. The summed E-state index contributed by atoms with van der Waals surface area (Å²) in [7, 11) is 1.54. The second-order valence-electron chi connectivity index (χ2n) is 12.5. The molecule has 2 amide bonds. The van der Waals surface area contributed by atoms with E-state index in [4.69, 9.17) is 30.5 Å². The number of alkyl halides is 3. The van der Waals surface area contributed by atoms with Gasteiger partial charge in [-0.05, 0) is 78.1 Å². The number of rotatable bonds is 4. The van der Waals surface area contributed by atoms with Crippen molar-refractivity contribution in [2.45, 2.75) is 33.0 Å². The second-order valence-corrected chi connectivity index (χ2v) is 12.9. The number of amides is 2. The number of carbonyl (C=O) groups excluding carboxylic acids is 2. The van der Waals surface area contributed by atoms with Gasteiger partial charge in [0.05, 0.1) is 18.7 Å². The first-order chi connectivity index (χ1) is 24.7. The molecule has 0 unspecified atom stereocenters. The normalized spacial score (nSPS) is 15.3. The monoisotopic (exact) mass is 743 g/mol. The number of hydrogen-bond acceptors (Lipinski definition) is 11. The summed E-state index contributed by atoms with van der Waals surface area (Å²) < 4.78 is 60.3. The number of carbonyl (C=O) groups is 2. The highest BCUT2D eigenvalue weighted by molar-refractivity contribution is 6.32. The van der Waals surface area contributed by atoms with Crippen LogP contribution in [0, 0.1) is 5.41 Å². The van der Waals surface area contributed by atoms with E-state index in [1.807, 2.05) is 13.8 Å². The molecule has 3 N–H and O–H groups in total. The number of benzene rings is 3. The van der Waals surface area contributed by atoms with Crippen molar-refractivity contribution in [2.75, 3.05) is 50.6 Å². The minimum Gasteiger partial charge on any atom is -0.497 e. The Labute approximate surface area is 302 Å². The lowest BCUT2D eigenvalue weighted by atomic mass is 9.92. The molecule has 0 saturated carbocycles. The van der Waals surface area contributed by atoms with Gasteiger partial charge in [-0.2, -0.15) is 28.1 Å². The molecular weight excluding hydrogens is 707 g/mol. The number of anilines is 3. The molecule has 0 aliphatic carbocycles. The molecular formula is C35H37ClF3N7O6. The molecule has 0 radical (unpaired) electrons. The number of methoxy groups -OCH3 is 1. The zero-order valence-electron chi connectivity index (χ0n) is 28.6. The molecule has 5 heterocycles. The molecule has 4 aliphatic rings. The molecule has 4 aromatic rings. The Bertz CT molecular complexity index is 1850. The summed E-state index contributed by atoms with van der Waals surface area (Å²) in [5.41, 5.74) is 0.905. The van der Waals surface area contributed by atoms with E-state index in [0.29, 0.717) is 45.5 Å². The van der Waals surface area contributed by atoms with Gasteiger partial charge in [0.25, 0.3) is 5.91 Å². The van der Waals surface area contributed by atoms with Gasteiger partial charge in [0, 0.05) is 37.4 Å². The molecule has 52 heavy (non-hydrogen) atoms. The first kappa shape index (κ1) is 37.7. The van der Waals surface area contributed by atoms with Gasteiger partial charge < -0.3 is 39.8 Å². The maximum Gasteiger partial charge on any atom is 0.422 e. The van der Waals surface area contributed by atoms with Crippen LogP contribution in [0.25, 0.3) is 0 Å². The molecule has 4 aliphatic heterocycles. The highest BCUT2D eigenvalue weighted by Crippen LogP contribution is 2.27. The molecule has 1 aromatic heterocycles. The van der Waals surface area contributed by atoms with Crippen LogP contribution in [-0.2, 0) is 6.54 Å². The smallest absolute Gasteiger partial charge is 0.422 e. The Morgan fingerprint density at radius 2 is 1.69 bits per heavy atom. The highest BCUT2D eigenvalue weighted by Gasteiger charge is 2.30. The van der Waals surface area contributed by atoms with Crippen LogP contribution in [0.1, 0.15) is 36.2 Å². The van der Waals surface area contributed by atoms with Crippen molar-refractivity contribution >= 4 is 41.2 Å². The SMILES string of the molecule is COc1ccc(OC(=O)N2CCCOc3ccc(cc3Cl)CNc3nc(nc(OCC(F)(F)F)n3)Nc3ccc(cc3)C(=O)NCC(C)(C)C2)cc1. The number of nitrogens with zero attached hydrogens (tertiary/aromatic N) is 4. The second kappa shape index (κ2) is 16.7. The van der Waals surface area contributed by atoms with Crippen LogP contribution in [0.2, 0.25) is 5.02 Å². The molecule has 17 heteroatoms. The summed E-state index contributed by atoms with van der Waals surface area (Å²) in [6.07, 6.45) is -4.74. The molecule has 3 aromatic carbocycles. The van der Waals surface area contributed by atoms with E-state index < -0.39 is 30.3 Å². The van der Waals surface area contributed by atoms with E-state index in [1.165, 1.54) is 0 Å². The average Bonchev–Trinajstić information content (AvgIpc) is 3.10. The fourth-order valence-corrected chi connectivity index (χ4v) is 5.22. The summed E-state index contributed by atoms with van der Waals surface area (Å²) in [5.74, 6) is 0.869. The van der Waals surface area contributed by atoms with Crippen LogP contribution in [0.3, 0.4) is 0 Å². The van der Waals surface area contributed by atoms with Crippen molar-refractivity contribution in [1.82, 2.24) is 25.2 Å². The van der Waals surface area contributed by atoms with Crippen molar-refractivity contribution in [3.05, 3.63) is 82.9 Å². The molecule has 276 valence electrons. The highest BCUT2D eigenvalue weighted by atomic mass is 35.5. The van der Waals surface area contributed by atoms with Gasteiger partial charge in [0.2, 0.25) is 11.9 Å². The fourth-order valence-electron chi connectivity index (χ4n) is 4.96. The van der Waals surface area contributed by atoms with Crippen molar-refractivity contribution in [3.8, 4) is 23.3 Å². The number of halogens is 4. The third-order valence-corrected chi connectivity index (χ3v) is 7.82. The summed E-state index contributed by atoms with van der Waals surface area (Å²) in [4.78, 5) is 40.3. The van der Waals surface area contributed by atoms with Gasteiger partial charge in [-0.25, -0.2) is 4.79 Å². The van der Waals surface area contributed by atoms with Gasteiger partial charge >= 0.3 is 18.3 Å². The zero-order chi connectivity index (χ0) is 37.3. The van der Waals surface area contributed by atoms with Gasteiger partial charge in [-0.3, -0.25) is 4.79 Å². The number of ether oxygens (including phenoxy) is 4. The molecule has 8 rings (SSSR count). The summed E-state index contributed by atoms with van der Waals surface area (Å²) >= 11 is 6.52. The third kappa shape index (κ3) is 11.2. The first-order valence-electron chi connectivity index (χ1n) is 16.1. The van der Waals surface area contributed by atoms with Crippen molar-refractivity contribution in [2.24, 2.45) is 5.41 Å². The maximum absolute atomic E-state index is 13.4. The Balaban J connectivity index is 1.37. The van der Waals surface area contributed by atoms with Crippen LogP contribution in [0.5, 0.6) is 23.3 Å². The van der Waals surface area contributed by atoms with E-state index in [9.17, 15) is 22.8 Å². The molecule has 0 spiro atoms. The van der Waals surface area contributed by atoms with Crippen LogP contribution in [-0.4, -0.2) is 78.0 Å². The van der Waals surface area contributed by atoms with E-state index in [-0.39, 0.29) is 50.6 Å². The lowest BCUT2D eigenvalue weighted by Gasteiger charge is -2.32. The van der Waals surface area contributed by atoms with Crippen LogP contribution >= 0.6 is 11.6 Å². The predicted molar refractivity (Wildman–Crippen MR) is 187 cm³/mol. The summed E-state index contributed by atoms with van der Waals surface area (Å²) in [5, 5.41) is 9.10. The quantitative estimate of drug-likeness (QED) is 0.201. The predicted octanol–water partition coefficient (Wildman–Crippen LogP) is 6.87. The minimum atomic E-state index is -4.61. The topological polar surface area (TPSA) is 149 Å². The number of aromatic nitrogens is 3. The number of nitrogens with one attached hydrogen (secondary N) is 3. The van der Waals surface area contributed by atoms with Crippen molar-refractivity contribution < 1.29 is 41.7 Å². The Morgan fingerprint density at radius 1 is 0.981 bits per heavy atom. The molecule has 0 saturated heterocycles. The first-order valence-corrected chi connectivity index (χ1v) is 16.5. The average molecular weight is 744 g/mol. The van der Waals surface area contributed by atoms with Gasteiger partial charge in [0.1, 0.15) is 17.2 Å². The van der Waals surface area contributed by atoms with E-state index >= 15 is 0 Å². The Hall–Kier alpha value is -5.51. The standard InChI is InChI=1S/C35H37ClF3N7O6/c1-34(2)19-41-29(47)23-6-8-24(9-7-23)42-31-43-30(44-32(45-31)51-21-35(37,38)39)40-18-22-5-14-28(27(36)17-22)50-16-4-15-46(20-34)33(48)52-26-12-10-25(49-3)11-13-26/h5-14,17H,4,15-16,18-21H2,1-3H3,(H,41,47)(H2,40,42,43,44,45). The third-order valence-electron chi connectivity index (χ3n) is 7.53. The Morgan fingerprint density at radius 3 is 2.38 bits per heavy atom. The van der Waals surface area contributed by atoms with Gasteiger partial charge in [-0.15, -0.1) is 0 Å². The summed E-state index contributed by atoms with van der Waals surface area (Å²) in [6.45, 7) is 3.35. The molecule has 0 atom stereocenters.